The van der Waals surface area contributed by atoms with E-state index < -0.39 is 0 Å². The molecule has 0 atom stereocenters. The minimum Gasteiger partial charge on any atom is -0.479 e. The molecular weight excluding hydrogens is 311 g/mol. The molecule has 1 N–H and O–H groups in total. The normalized spacial score (nSPS) is 9.76. The Bertz CT molecular complexity index is 711. The van der Waals surface area contributed by atoms with E-state index in [1.54, 1.807) is 36.4 Å². The fourth-order valence-corrected chi connectivity index (χ4v) is 2.15. The molecule has 0 fully saturated rings. The monoisotopic (exact) mass is 320 g/mol. The van der Waals surface area contributed by atoms with E-state index in [9.17, 15) is 4.79 Å². The topological polar surface area (TPSA) is 62.1 Å². The van der Waals surface area contributed by atoms with Crippen LogP contribution in [0.1, 0.15) is 10.4 Å². The van der Waals surface area contributed by atoms with E-state index >= 15 is 0 Å². The summed E-state index contributed by atoms with van der Waals surface area (Å²) in [6.07, 6.45) is 0. The Balaban J connectivity index is 2.14. The number of nitrogens with one attached hydrogen (secondary N) is 1. The highest BCUT2D eigenvalue weighted by Gasteiger charge is 2.11. The molecule has 0 aliphatic rings. The van der Waals surface area contributed by atoms with Gasteiger partial charge in [-0.2, -0.15) is 5.26 Å². The van der Waals surface area contributed by atoms with Crippen LogP contribution in [-0.4, -0.2) is 12.5 Å². The SMILES string of the molecule is N#CCOc1cccc(NC(=O)c2ccc(Cl)cc2Cl)c1. The van der Waals surface area contributed by atoms with Crippen molar-refractivity contribution in [3.63, 3.8) is 0 Å². The molecule has 0 aliphatic carbocycles. The Labute approximate surface area is 131 Å². The summed E-state index contributed by atoms with van der Waals surface area (Å²) in [7, 11) is 0. The zero-order valence-corrected chi connectivity index (χ0v) is 12.3. The van der Waals surface area contributed by atoms with E-state index in [0.29, 0.717) is 22.0 Å². The van der Waals surface area contributed by atoms with Crippen LogP contribution in [0.3, 0.4) is 0 Å². The van der Waals surface area contributed by atoms with Crippen LogP contribution in [-0.2, 0) is 0 Å². The third kappa shape index (κ3) is 4.12. The Kier molecular flexibility index (Phi) is 5.04. The molecule has 2 aromatic rings. The molecule has 106 valence electrons. The van der Waals surface area contributed by atoms with Gasteiger partial charge in [-0.1, -0.05) is 29.3 Å². The maximum Gasteiger partial charge on any atom is 0.257 e. The fourth-order valence-electron chi connectivity index (χ4n) is 1.65. The van der Waals surface area contributed by atoms with Gasteiger partial charge in [-0.05, 0) is 30.3 Å². The van der Waals surface area contributed by atoms with E-state index in [0.717, 1.165) is 0 Å². The van der Waals surface area contributed by atoms with E-state index in [2.05, 4.69) is 5.32 Å². The van der Waals surface area contributed by atoms with Crippen LogP contribution in [0.5, 0.6) is 5.75 Å². The quantitative estimate of drug-likeness (QED) is 0.920. The first-order valence-corrected chi connectivity index (χ1v) is 6.72. The van der Waals surface area contributed by atoms with Gasteiger partial charge in [0.2, 0.25) is 0 Å². The number of hydrogen-bond donors (Lipinski definition) is 1. The average Bonchev–Trinajstić information content (AvgIpc) is 2.45. The number of anilines is 1. The second-order valence-corrected chi connectivity index (χ2v) is 4.90. The molecule has 6 heteroatoms. The Morgan fingerprint density at radius 1 is 1.24 bits per heavy atom. The van der Waals surface area contributed by atoms with Gasteiger partial charge in [-0.15, -0.1) is 0 Å². The molecule has 2 rings (SSSR count). The van der Waals surface area contributed by atoms with Gasteiger partial charge in [0, 0.05) is 16.8 Å². The first-order chi connectivity index (χ1) is 10.1. The molecule has 1 amide bonds. The van der Waals surface area contributed by atoms with E-state index in [1.165, 1.54) is 6.07 Å². The summed E-state index contributed by atoms with van der Waals surface area (Å²) in [6.45, 7) is -0.0551. The Morgan fingerprint density at radius 3 is 2.76 bits per heavy atom. The summed E-state index contributed by atoms with van der Waals surface area (Å²) < 4.78 is 5.17. The smallest absolute Gasteiger partial charge is 0.257 e. The van der Waals surface area contributed by atoms with Gasteiger partial charge in [0.15, 0.2) is 6.61 Å². The zero-order chi connectivity index (χ0) is 15.2. The minimum atomic E-state index is -0.353. The Morgan fingerprint density at radius 2 is 2.05 bits per heavy atom. The Hall–Kier alpha value is -2.22. The second-order valence-electron chi connectivity index (χ2n) is 4.05. The molecule has 0 radical (unpaired) electrons. The number of nitriles is 1. The summed E-state index contributed by atoms with van der Waals surface area (Å²) in [5.41, 5.74) is 0.867. The van der Waals surface area contributed by atoms with Gasteiger partial charge < -0.3 is 10.1 Å². The number of nitrogens with zero attached hydrogens (tertiary/aromatic N) is 1. The van der Waals surface area contributed by atoms with Crippen molar-refractivity contribution in [2.24, 2.45) is 0 Å². The van der Waals surface area contributed by atoms with Gasteiger partial charge >= 0.3 is 0 Å². The van der Waals surface area contributed by atoms with Gasteiger partial charge in [0.1, 0.15) is 11.8 Å². The maximum absolute atomic E-state index is 12.1. The van der Waals surface area contributed by atoms with E-state index in [1.807, 2.05) is 6.07 Å². The highest BCUT2D eigenvalue weighted by atomic mass is 35.5. The molecule has 0 spiro atoms. The lowest BCUT2D eigenvalue weighted by molar-refractivity contribution is 0.102. The molecular formula is C15H10Cl2N2O2. The van der Waals surface area contributed by atoms with E-state index in [4.69, 9.17) is 33.2 Å². The first kappa shape index (κ1) is 15.2. The highest BCUT2D eigenvalue weighted by Crippen LogP contribution is 2.23. The predicted octanol–water partition coefficient (Wildman–Crippen LogP) is 4.15. The standard InChI is InChI=1S/C15H10Cl2N2O2/c16-10-4-5-13(14(17)8-10)15(20)19-11-2-1-3-12(9-11)21-7-6-18/h1-5,8-9H,7H2,(H,19,20). The van der Waals surface area contributed by atoms with Crippen molar-refractivity contribution in [3.8, 4) is 11.8 Å². The lowest BCUT2D eigenvalue weighted by Gasteiger charge is -2.08. The van der Waals surface area contributed by atoms with E-state index in [-0.39, 0.29) is 17.5 Å². The van der Waals surface area contributed by atoms with Gasteiger partial charge in [-0.3, -0.25) is 4.79 Å². The van der Waals surface area contributed by atoms with Crippen LogP contribution < -0.4 is 10.1 Å². The van der Waals surface area contributed by atoms with Crippen molar-refractivity contribution in [1.82, 2.24) is 0 Å². The number of halogens is 2. The lowest BCUT2D eigenvalue weighted by Crippen LogP contribution is -2.12. The number of amides is 1. The van der Waals surface area contributed by atoms with Crippen molar-refractivity contribution in [2.45, 2.75) is 0 Å². The minimum absolute atomic E-state index is 0.0551. The molecule has 0 bridgehead atoms. The number of ether oxygens (including phenoxy) is 1. The zero-order valence-electron chi connectivity index (χ0n) is 10.8. The summed E-state index contributed by atoms with van der Waals surface area (Å²) in [4.78, 5) is 12.1. The van der Waals surface area contributed by atoms with Crippen molar-refractivity contribution in [2.75, 3.05) is 11.9 Å². The highest BCUT2D eigenvalue weighted by molar-refractivity contribution is 6.37. The van der Waals surface area contributed by atoms with Crippen molar-refractivity contribution < 1.29 is 9.53 Å². The number of hydrogen-bond acceptors (Lipinski definition) is 3. The predicted molar refractivity (Wildman–Crippen MR) is 82.0 cm³/mol. The molecule has 21 heavy (non-hydrogen) atoms. The van der Waals surface area contributed by atoms with Gasteiger partial charge in [-0.25, -0.2) is 0 Å². The van der Waals surface area contributed by atoms with Crippen LogP contribution in [0.4, 0.5) is 5.69 Å². The van der Waals surface area contributed by atoms with Crippen LogP contribution in [0, 0.1) is 11.3 Å². The molecule has 0 aromatic heterocycles. The molecule has 0 aliphatic heterocycles. The van der Waals surface area contributed by atoms with Crippen LogP contribution in [0.2, 0.25) is 10.0 Å². The number of carbonyl (C=O) groups excluding carboxylic acids is 1. The number of benzene rings is 2. The van der Waals surface area contributed by atoms with Crippen LogP contribution in [0.25, 0.3) is 0 Å². The summed E-state index contributed by atoms with van der Waals surface area (Å²) in [5, 5.41) is 11.9. The van der Waals surface area contributed by atoms with Crippen LogP contribution >= 0.6 is 23.2 Å². The van der Waals surface area contributed by atoms with Gasteiger partial charge in [0.25, 0.3) is 5.91 Å². The summed E-state index contributed by atoms with van der Waals surface area (Å²) >= 11 is 11.8. The number of carbonyl (C=O) groups is 1. The van der Waals surface area contributed by atoms with Crippen molar-refractivity contribution in [3.05, 3.63) is 58.1 Å². The second kappa shape index (κ2) is 6.98. The van der Waals surface area contributed by atoms with Crippen molar-refractivity contribution >= 4 is 34.8 Å². The van der Waals surface area contributed by atoms with Crippen LogP contribution in [0.15, 0.2) is 42.5 Å². The molecule has 0 saturated carbocycles. The average molecular weight is 321 g/mol. The molecule has 4 nitrogen and oxygen atoms in total. The fraction of sp³-hybridized carbons (Fsp3) is 0.0667. The first-order valence-electron chi connectivity index (χ1n) is 5.96. The maximum atomic E-state index is 12.1. The third-order valence-corrected chi connectivity index (χ3v) is 3.12. The number of rotatable bonds is 4. The molecule has 0 unspecified atom stereocenters. The molecule has 0 saturated heterocycles. The van der Waals surface area contributed by atoms with Gasteiger partial charge in [0.05, 0.1) is 10.6 Å². The summed E-state index contributed by atoms with van der Waals surface area (Å²) in [5.74, 6) is 0.144. The lowest BCUT2D eigenvalue weighted by atomic mass is 10.2. The largest absolute Gasteiger partial charge is 0.479 e. The molecule has 2 aromatic carbocycles. The third-order valence-electron chi connectivity index (χ3n) is 2.57. The van der Waals surface area contributed by atoms with Crippen molar-refractivity contribution in [1.29, 1.82) is 5.26 Å². The summed E-state index contributed by atoms with van der Waals surface area (Å²) in [6, 6.07) is 13.3. The molecule has 0 heterocycles.